The molecule has 0 spiro atoms. The summed E-state index contributed by atoms with van der Waals surface area (Å²) >= 11 is 1.48. The van der Waals surface area contributed by atoms with Gasteiger partial charge in [-0.1, -0.05) is 48.2 Å². The standard InChI is InChI=1S/C17H20N2OS/c1-14(2)19(12-15-8-4-3-5-9-15)17(20)13-21-16-10-6-7-11-18-16/h3-11,14H,12-13H2,1-2H3. The van der Waals surface area contributed by atoms with E-state index >= 15 is 0 Å². The number of hydrogen-bond donors (Lipinski definition) is 0. The zero-order chi connectivity index (χ0) is 15.1. The van der Waals surface area contributed by atoms with E-state index < -0.39 is 0 Å². The molecule has 0 aliphatic rings. The van der Waals surface area contributed by atoms with Gasteiger partial charge in [0.15, 0.2) is 0 Å². The van der Waals surface area contributed by atoms with E-state index in [1.54, 1.807) is 6.20 Å². The molecule has 0 aliphatic heterocycles. The third kappa shape index (κ3) is 4.90. The number of rotatable bonds is 6. The molecule has 1 aromatic heterocycles. The van der Waals surface area contributed by atoms with Crippen molar-refractivity contribution in [2.75, 3.05) is 5.75 Å². The highest BCUT2D eigenvalue weighted by atomic mass is 32.2. The molecule has 0 atom stereocenters. The van der Waals surface area contributed by atoms with Crippen LogP contribution >= 0.6 is 11.8 Å². The van der Waals surface area contributed by atoms with Crippen LogP contribution in [0.4, 0.5) is 0 Å². The van der Waals surface area contributed by atoms with E-state index in [9.17, 15) is 4.79 Å². The van der Waals surface area contributed by atoms with Crippen LogP contribution in [-0.4, -0.2) is 27.6 Å². The summed E-state index contributed by atoms with van der Waals surface area (Å²) < 4.78 is 0. The molecule has 2 aromatic rings. The average Bonchev–Trinajstić information content (AvgIpc) is 2.52. The van der Waals surface area contributed by atoms with E-state index in [1.165, 1.54) is 11.8 Å². The molecule has 1 amide bonds. The molecule has 0 N–H and O–H groups in total. The topological polar surface area (TPSA) is 33.2 Å². The molecule has 21 heavy (non-hydrogen) atoms. The minimum atomic E-state index is 0.143. The number of hydrogen-bond acceptors (Lipinski definition) is 3. The lowest BCUT2D eigenvalue weighted by Gasteiger charge is -2.26. The van der Waals surface area contributed by atoms with Crippen LogP contribution in [0.3, 0.4) is 0 Å². The summed E-state index contributed by atoms with van der Waals surface area (Å²) in [5, 5.41) is 0.884. The Labute approximate surface area is 130 Å². The molecule has 110 valence electrons. The normalized spacial score (nSPS) is 10.6. The summed E-state index contributed by atoms with van der Waals surface area (Å²) in [7, 11) is 0. The highest BCUT2D eigenvalue weighted by Gasteiger charge is 2.17. The molecule has 1 aromatic carbocycles. The fourth-order valence-electron chi connectivity index (χ4n) is 1.99. The van der Waals surface area contributed by atoms with Gasteiger partial charge in [0.25, 0.3) is 0 Å². The zero-order valence-corrected chi connectivity index (χ0v) is 13.2. The molecule has 1 heterocycles. The lowest BCUT2D eigenvalue weighted by atomic mass is 10.2. The number of amides is 1. The van der Waals surface area contributed by atoms with Gasteiger partial charge in [0.05, 0.1) is 10.8 Å². The first-order chi connectivity index (χ1) is 10.2. The Balaban J connectivity index is 1.96. The van der Waals surface area contributed by atoms with Crippen LogP contribution in [0.2, 0.25) is 0 Å². The van der Waals surface area contributed by atoms with Crippen molar-refractivity contribution in [2.45, 2.75) is 31.5 Å². The zero-order valence-electron chi connectivity index (χ0n) is 12.4. The summed E-state index contributed by atoms with van der Waals surface area (Å²) in [4.78, 5) is 18.6. The second-order valence-electron chi connectivity index (χ2n) is 5.06. The number of aromatic nitrogens is 1. The Hall–Kier alpha value is -1.81. The first-order valence-corrected chi connectivity index (χ1v) is 8.02. The highest BCUT2D eigenvalue weighted by molar-refractivity contribution is 7.99. The monoisotopic (exact) mass is 300 g/mol. The Bertz CT molecular complexity index is 558. The fourth-order valence-corrected chi connectivity index (χ4v) is 2.74. The van der Waals surface area contributed by atoms with Crippen LogP contribution < -0.4 is 0 Å². The third-order valence-corrected chi connectivity index (χ3v) is 4.05. The van der Waals surface area contributed by atoms with Crippen LogP contribution in [0.15, 0.2) is 59.8 Å². The number of nitrogens with zero attached hydrogens (tertiary/aromatic N) is 2. The van der Waals surface area contributed by atoms with Crippen molar-refractivity contribution in [3.05, 3.63) is 60.3 Å². The summed E-state index contributed by atoms with van der Waals surface area (Å²) in [6, 6.07) is 16.0. The van der Waals surface area contributed by atoms with E-state index in [0.29, 0.717) is 12.3 Å². The first-order valence-electron chi connectivity index (χ1n) is 7.04. The Morgan fingerprint density at radius 3 is 2.48 bits per heavy atom. The molecule has 2 rings (SSSR count). The van der Waals surface area contributed by atoms with Crippen LogP contribution in [0.25, 0.3) is 0 Å². The van der Waals surface area contributed by atoms with Gasteiger partial charge >= 0.3 is 0 Å². The number of carbonyl (C=O) groups is 1. The van der Waals surface area contributed by atoms with Crippen LogP contribution in [0, 0.1) is 0 Å². The number of benzene rings is 1. The maximum absolute atomic E-state index is 12.4. The fraction of sp³-hybridized carbons (Fsp3) is 0.294. The first kappa shape index (κ1) is 15.6. The van der Waals surface area contributed by atoms with Crippen LogP contribution in [0.1, 0.15) is 19.4 Å². The van der Waals surface area contributed by atoms with Gasteiger partial charge in [-0.3, -0.25) is 4.79 Å². The Kier molecular flexibility index (Phi) is 5.81. The maximum Gasteiger partial charge on any atom is 0.233 e. The van der Waals surface area contributed by atoms with Crippen molar-refractivity contribution >= 4 is 17.7 Å². The summed E-state index contributed by atoms with van der Waals surface area (Å²) in [5.74, 6) is 0.562. The molecule has 4 heteroatoms. The van der Waals surface area contributed by atoms with Gasteiger partial charge in [-0.25, -0.2) is 4.98 Å². The smallest absolute Gasteiger partial charge is 0.233 e. The molecule has 0 saturated carbocycles. The van der Waals surface area contributed by atoms with Gasteiger partial charge in [-0.2, -0.15) is 0 Å². The van der Waals surface area contributed by atoms with E-state index in [2.05, 4.69) is 17.1 Å². The lowest BCUT2D eigenvalue weighted by molar-refractivity contribution is -0.130. The lowest BCUT2D eigenvalue weighted by Crippen LogP contribution is -2.37. The average molecular weight is 300 g/mol. The molecule has 0 saturated heterocycles. The van der Waals surface area contributed by atoms with Gasteiger partial charge in [-0.05, 0) is 31.5 Å². The van der Waals surface area contributed by atoms with Crippen molar-refractivity contribution in [3.63, 3.8) is 0 Å². The number of carbonyl (C=O) groups excluding carboxylic acids is 1. The minimum absolute atomic E-state index is 0.143. The highest BCUT2D eigenvalue weighted by Crippen LogP contribution is 2.17. The van der Waals surface area contributed by atoms with Crippen molar-refractivity contribution in [1.29, 1.82) is 0 Å². The molecule has 0 radical (unpaired) electrons. The van der Waals surface area contributed by atoms with Gasteiger partial charge in [0.2, 0.25) is 5.91 Å². The third-order valence-electron chi connectivity index (χ3n) is 3.12. The van der Waals surface area contributed by atoms with Gasteiger partial charge in [-0.15, -0.1) is 0 Å². The van der Waals surface area contributed by atoms with Crippen molar-refractivity contribution in [3.8, 4) is 0 Å². The van der Waals surface area contributed by atoms with Crippen molar-refractivity contribution in [2.24, 2.45) is 0 Å². The second kappa shape index (κ2) is 7.84. The van der Waals surface area contributed by atoms with Gasteiger partial charge in [0, 0.05) is 18.8 Å². The van der Waals surface area contributed by atoms with Crippen molar-refractivity contribution < 1.29 is 4.79 Å². The van der Waals surface area contributed by atoms with E-state index in [1.807, 2.05) is 55.1 Å². The number of pyridine rings is 1. The molecular weight excluding hydrogens is 280 g/mol. The molecule has 0 fully saturated rings. The number of thioether (sulfide) groups is 1. The van der Waals surface area contributed by atoms with Crippen LogP contribution in [-0.2, 0) is 11.3 Å². The van der Waals surface area contributed by atoms with E-state index in [4.69, 9.17) is 0 Å². The SMILES string of the molecule is CC(C)N(Cc1ccccc1)C(=O)CSc1ccccn1. The molecule has 0 aliphatic carbocycles. The van der Waals surface area contributed by atoms with Crippen LogP contribution in [0.5, 0.6) is 0 Å². The molecule has 3 nitrogen and oxygen atoms in total. The summed E-state index contributed by atoms with van der Waals surface area (Å²) in [6.07, 6.45) is 1.75. The predicted molar refractivity (Wildman–Crippen MR) is 87.1 cm³/mol. The largest absolute Gasteiger partial charge is 0.335 e. The molecule has 0 bridgehead atoms. The summed E-state index contributed by atoms with van der Waals surface area (Å²) in [5.41, 5.74) is 1.15. The van der Waals surface area contributed by atoms with E-state index in [0.717, 1.165) is 10.6 Å². The quantitative estimate of drug-likeness (QED) is 0.764. The molecule has 0 unspecified atom stereocenters. The Morgan fingerprint density at radius 2 is 1.86 bits per heavy atom. The second-order valence-corrected chi connectivity index (χ2v) is 6.05. The van der Waals surface area contributed by atoms with Gasteiger partial charge < -0.3 is 4.90 Å². The maximum atomic E-state index is 12.4. The molecular formula is C17H20N2OS. The van der Waals surface area contributed by atoms with Gasteiger partial charge in [0.1, 0.15) is 0 Å². The minimum Gasteiger partial charge on any atom is -0.335 e. The summed E-state index contributed by atoms with van der Waals surface area (Å²) in [6.45, 7) is 4.75. The predicted octanol–water partition coefficient (Wildman–Crippen LogP) is 3.61. The Morgan fingerprint density at radius 1 is 1.14 bits per heavy atom. The van der Waals surface area contributed by atoms with Crippen molar-refractivity contribution in [1.82, 2.24) is 9.88 Å². The van der Waals surface area contributed by atoms with E-state index in [-0.39, 0.29) is 11.9 Å².